The number of hydrogen-bond acceptors (Lipinski definition) is 2. The molecule has 0 aromatic heterocycles. The molecule has 1 heterocycles. The number of rotatable bonds is 6. The Morgan fingerprint density at radius 1 is 1.12 bits per heavy atom. The van der Waals surface area contributed by atoms with Gasteiger partial charge in [-0.15, -0.1) is 0 Å². The predicted molar refractivity (Wildman–Crippen MR) is 71.8 cm³/mol. The van der Waals surface area contributed by atoms with E-state index >= 15 is 0 Å². The predicted octanol–water partition coefficient (Wildman–Crippen LogP) is 2.89. The van der Waals surface area contributed by atoms with E-state index in [1.54, 1.807) is 0 Å². The molecule has 0 radical (unpaired) electrons. The second-order valence-electron chi connectivity index (χ2n) is 5.97. The summed E-state index contributed by atoms with van der Waals surface area (Å²) in [6.07, 6.45) is 6.73. The molecule has 1 N–H and O–H groups in total. The average Bonchev–Trinajstić information content (AvgIpc) is 2.21. The van der Waals surface area contributed by atoms with Crippen molar-refractivity contribution >= 4 is 0 Å². The maximum absolute atomic E-state index is 3.79. The van der Waals surface area contributed by atoms with Gasteiger partial charge in [-0.3, -0.25) is 0 Å². The van der Waals surface area contributed by atoms with E-state index in [1.807, 2.05) is 0 Å². The van der Waals surface area contributed by atoms with Crippen LogP contribution in [0.2, 0.25) is 0 Å². The summed E-state index contributed by atoms with van der Waals surface area (Å²) in [6, 6.07) is 1.47. The number of hydrogen-bond donors (Lipinski definition) is 1. The standard InChI is InChI=1S/C14H30N2/c1-12(2)6-5-7-13(3)15-14-8-10-16(4)11-9-14/h12-15H,5-11H2,1-4H3. The highest BCUT2D eigenvalue weighted by molar-refractivity contribution is 4.78. The quantitative estimate of drug-likeness (QED) is 0.749. The van der Waals surface area contributed by atoms with Crippen LogP contribution >= 0.6 is 0 Å². The molecule has 96 valence electrons. The van der Waals surface area contributed by atoms with Crippen LogP contribution in [0.1, 0.15) is 52.9 Å². The van der Waals surface area contributed by atoms with Gasteiger partial charge in [-0.25, -0.2) is 0 Å². The zero-order valence-corrected chi connectivity index (χ0v) is 11.6. The third kappa shape index (κ3) is 5.86. The van der Waals surface area contributed by atoms with Crippen LogP contribution in [-0.4, -0.2) is 37.1 Å². The van der Waals surface area contributed by atoms with E-state index in [2.05, 4.69) is 38.0 Å². The fourth-order valence-corrected chi connectivity index (χ4v) is 2.49. The molecule has 2 nitrogen and oxygen atoms in total. The first-order chi connectivity index (χ1) is 7.58. The van der Waals surface area contributed by atoms with Crippen LogP contribution in [0.3, 0.4) is 0 Å². The smallest absolute Gasteiger partial charge is 0.00938 e. The monoisotopic (exact) mass is 226 g/mol. The first kappa shape index (κ1) is 14.0. The second-order valence-corrected chi connectivity index (χ2v) is 5.97. The van der Waals surface area contributed by atoms with Gasteiger partial charge in [0.2, 0.25) is 0 Å². The zero-order chi connectivity index (χ0) is 12.0. The van der Waals surface area contributed by atoms with Gasteiger partial charge in [0, 0.05) is 12.1 Å². The lowest BCUT2D eigenvalue weighted by Gasteiger charge is -2.31. The van der Waals surface area contributed by atoms with E-state index < -0.39 is 0 Å². The number of likely N-dealkylation sites (tertiary alicyclic amines) is 1. The molecular weight excluding hydrogens is 196 g/mol. The molecule has 0 spiro atoms. The third-order valence-corrected chi connectivity index (χ3v) is 3.66. The van der Waals surface area contributed by atoms with Crippen LogP contribution in [-0.2, 0) is 0 Å². The van der Waals surface area contributed by atoms with Crippen molar-refractivity contribution in [3.63, 3.8) is 0 Å². The Labute approximate surface area is 102 Å². The van der Waals surface area contributed by atoms with Crippen molar-refractivity contribution < 1.29 is 0 Å². The largest absolute Gasteiger partial charge is 0.311 e. The summed E-state index contributed by atoms with van der Waals surface area (Å²) in [5.41, 5.74) is 0. The Balaban J connectivity index is 2.07. The van der Waals surface area contributed by atoms with Crippen LogP contribution in [0.25, 0.3) is 0 Å². The van der Waals surface area contributed by atoms with Crippen LogP contribution in [0.4, 0.5) is 0 Å². The average molecular weight is 226 g/mol. The van der Waals surface area contributed by atoms with Crippen molar-refractivity contribution in [2.45, 2.75) is 65.0 Å². The molecule has 0 aromatic rings. The van der Waals surface area contributed by atoms with E-state index in [0.29, 0.717) is 6.04 Å². The highest BCUT2D eigenvalue weighted by atomic mass is 15.1. The summed E-state index contributed by atoms with van der Waals surface area (Å²) in [5.74, 6) is 0.857. The molecule has 16 heavy (non-hydrogen) atoms. The van der Waals surface area contributed by atoms with Crippen LogP contribution in [0.5, 0.6) is 0 Å². The van der Waals surface area contributed by atoms with Crippen molar-refractivity contribution in [1.29, 1.82) is 0 Å². The topological polar surface area (TPSA) is 15.3 Å². The number of piperidine rings is 1. The molecule has 1 saturated heterocycles. The zero-order valence-electron chi connectivity index (χ0n) is 11.6. The summed E-state index contributed by atoms with van der Waals surface area (Å²) in [4.78, 5) is 2.43. The molecule has 0 aliphatic carbocycles. The molecule has 2 heteroatoms. The lowest BCUT2D eigenvalue weighted by atomic mass is 10.0. The van der Waals surface area contributed by atoms with Crippen LogP contribution in [0, 0.1) is 5.92 Å². The second kappa shape index (κ2) is 7.29. The molecule has 0 saturated carbocycles. The normalized spacial score (nSPS) is 21.6. The van der Waals surface area contributed by atoms with E-state index in [0.717, 1.165) is 12.0 Å². The minimum Gasteiger partial charge on any atom is -0.311 e. The van der Waals surface area contributed by atoms with Crippen molar-refractivity contribution in [2.24, 2.45) is 5.92 Å². The van der Waals surface area contributed by atoms with Crippen LogP contribution < -0.4 is 5.32 Å². The first-order valence-electron chi connectivity index (χ1n) is 7.02. The third-order valence-electron chi connectivity index (χ3n) is 3.66. The van der Waals surface area contributed by atoms with E-state index in [9.17, 15) is 0 Å². The van der Waals surface area contributed by atoms with Crippen molar-refractivity contribution in [1.82, 2.24) is 10.2 Å². The van der Waals surface area contributed by atoms with E-state index in [4.69, 9.17) is 0 Å². The molecular formula is C14H30N2. The molecule has 1 aliphatic heterocycles. The summed E-state index contributed by atoms with van der Waals surface area (Å²) < 4.78 is 0. The van der Waals surface area contributed by atoms with E-state index in [1.165, 1.54) is 45.2 Å². The van der Waals surface area contributed by atoms with Gasteiger partial charge in [-0.1, -0.05) is 26.7 Å². The molecule has 1 atom stereocenters. The van der Waals surface area contributed by atoms with Gasteiger partial charge >= 0.3 is 0 Å². The van der Waals surface area contributed by atoms with Crippen molar-refractivity contribution in [3.8, 4) is 0 Å². The Kier molecular flexibility index (Phi) is 6.37. The Bertz CT molecular complexity index is 172. The highest BCUT2D eigenvalue weighted by Crippen LogP contribution is 2.12. The lowest BCUT2D eigenvalue weighted by Crippen LogP contribution is -2.44. The van der Waals surface area contributed by atoms with Crippen molar-refractivity contribution in [3.05, 3.63) is 0 Å². The minimum absolute atomic E-state index is 0.701. The van der Waals surface area contributed by atoms with Gasteiger partial charge in [0.1, 0.15) is 0 Å². The molecule has 1 unspecified atom stereocenters. The fraction of sp³-hybridized carbons (Fsp3) is 1.00. The number of nitrogens with one attached hydrogen (secondary N) is 1. The maximum Gasteiger partial charge on any atom is 0.00938 e. The summed E-state index contributed by atoms with van der Waals surface area (Å²) in [6.45, 7) is 9.50. The first-order valence-corrected chi connectivity index (χ1v) is 7.02. The van der Waals surface area contributed by atoms with Crippen molar-refractivity contribution in [2.75, 3.05) is 20.1 Å². The van der Waals surface area contributed by atoms with Gasteiger partial charge in [-0.05, 0) is 52.2 Å². The highest BCUT2D eigenvalue weighted by Gasteiger charge is 2.17. The lowest BCUT2D eigenvalue weighted by molar-refractivity contribution is 0.223. The van der Waals surface area contributed by atoms with Gasteiger partial charge in [-0.2, -0.15) is 0 Å². The van der Waals surface area contributed by atoms with Crippen LogP contribution in [0.15, 0.2) is 0 Å². The van der Waals surface area contributed by atoms with Gasteiger partial charge in [0.15, 0.2) is 0 Å². The Morgan fingerprint density at radius 3 is 2.31 bits per heavy atom. The van der Waals surface area contributed by atoms with Gasteiger partial charge < -0.3 is 10.2 Å². The number of nitrogens with zero attached hydrogens (tertiary/aromatic N) is 1. The Hall–Kier alpha value is -0.0800. The fourth-order valence-electron chi connectivity index (χ4n) is 2.49. The molecule has 1 rings (SSSR count). The Morgan fingerprint density at radius 2 is 1.75 bits per heavy atom. The summed E-state index contributed by atoms with van der Waals surface area (Å²) >= 11 is 0. The molecule has 0 bridgehead atoms. The molecule has 1 fully saturated rings. The molecule has 1 aliphatic rings. The molecule has 0 aromatic carbocycles. The minimum atomic E-state index is 0.701. The van der Waals surface area contributed by atoms with Gasteiger partial charge in [0.25, 0.3) is 0 Å². The molecule has 0 amide bonds. The van der Waals surface area contributed by atoms with E-state index in [-0.39, 0.29) is 0 Å². The summed E-state index contributed by atoms with van der Waals surface area (Å²) in [7, 11) is 2.22. The van der Waals surface area contributed by atoms with Gasteiger partial charge in [0.05, 0.1) is 0 Å². The summed E-state index contributed by atoms with van der Waals surface area (Å²) in [5, 5.41) is 3.79. The maximum atomic E-state index is 3.79. The SMILES string of the molecule is CC(C)CCCC(C)NC1CCN(C)CC1.